The number of carbonyl (C=O) groups is 2. The number of hydrogen-bond acceptors (Lipinski definition) is 3. The first-order valence-corrected chi connectivity index (χ1v) is 4.64. The Bertz CT molecular complexity index is 342. The highest BCUT2D eigenvalue weighted by atomic mass is 16.3. The summed E-state index contributed by atoms with van der Waals surface area (Å²) in [7, 11) is 0. The van der Waals surface area contributed by atoms with Gasteiger partial charge in [-0.15, -0.1) is 0 Å². The van der Waals surface area contributed by atoms with Gasteiger partial charge in [-0.1, -0.05) is 0 Å². The van der Waals surface area contributed by atoms with Crippen LogP contribution in [0.1, 0.15) is 29.8 Å². The van der Waals surface area contributed by atoms with Gasteiger partial charge in [0.2, 0.25) is 11.7 Å². The van der Waals surface area contributed by atoms with Gasteiger partial charge in [-0.25, -0.2) is 0 Å². The molecule has 0 aliphatic carbocycles. The molecule has 0 aromatic carbocycles. The molecule has 0 radical (unpaired) electrons. The topological polar surface area (TPSA) is 59.3 Å². The Morgan fingerprint density at radius 3 is 3.07 bits per heavy atom. The van der Waals surface area contributed by atoms with Gasteiger partial charge in [0, 0.05) is 6.42 Å². The third-order valence-electron chi connectivity index (χ3n) is 2.31. The van der Waals surface area contributed by atoms with Crippen molar-refractivity contribution in [1.29, 1.82) is 0 Å². The maximum Gasteiger partial charge on any atom is 0.220 e. The number of hydrogen-bond donors (Lipinski definition) is 1. The number of rotatable bonds is 2. The van der Waals surface area contributed by atoms with E-state index in [-0.39, 0.29) is 11.7 Å². The van der Waals surface area contributed by atoms with E-state index in [0.29, 0.717) is 18.6 Å². The summed E-state index contributed by atoms with van der Waals surface area (Å²) >= 11 is 0. The zero-order chi connectivity index (χ0) is 9.97. The van der Waals surface area contributed by atoms with Crippen molar-refractivity contribution in [3.05, 3.63) is 24.2 Å². The molecule has 4 heteroatoms. The van der Waals surface area contributed by atoms with E-state index < -0.39 is 6.04 Å². The van der Waals surface area contributed by atoms with Crippen LogP contribution >= 0.6 is 0 Å². The largest absolute Gasteiger partial charge is 0.461 e. The van der Waals surface area contributed by atoms with Crippen LogP contribution in [0.5, 0.6) is 0 Å². The monoisotopic (exact) mass is 193 g/mol. The second-order valence-electron chi connectivity index (χ2n) is 3.35. The normalized spacial score (nSPS) is 21.7. The van der Waals surface area contributed by atoms with Gasteiger partial charge in [-0.3, -0.25) is 9.59 Å². The lowest BCUT2D eigenvalue weighted by molar-refractivity contribution is -0.122. The van der Waals surface area contributed by atoms with E-state index in [1.807, 2.05) is 0 Å². The standard InChI is InChI=1S/C10H11NO3/c12-9-5-1-3-7(11-9)10(13)8-4-2-6-14-8/h2,4,6-7H,1,3,5H2,(H,11,12). The van der Waals surface area contributed by atoms with Crippen molar-refractivity contribution in [1.82, 2.24) is 5.32 Å². The lowest BCUT2D eigenvalue weighted by atomic mass is 9.99. The molecule has 1 atom stereocenters. The minimum Gasteiger partial charge on any atom is -0.461 e. The van der Waals surface area contributed by atoms with Gasteiger partial charge in [0.05, 0.1) is 12.3 Å². The molecule has 4 nitrogen and oxygen atoms in total. The van der Waals surface area contributed by atoms with Crippen LogP contribution in [0.25, 0.3) is 0 Å². The van der Waals surface area contributed by atoms with Crippen LogP contribution in [0.4, 0.5) is 0 Å². The Balaban J connectivity index is 2.08. The molecule has 1 aliphatic heterocycles. The quantitative estimate of drug-likeness (QED) is 0.716. The molecule has 1 unspecified atom stereocenters. The predicted octanol–water partition coefficient (Wildman–Crippen LogP) is 1.13. The molecule has 1 N–H and O–H groups in total. The summed E-state index contributed by atoms with van der Waals surface area (Å²) in [5.74, 6) is 0.126. The number of Topliss-reactive ketones (excluding diaryl/α,β-unsaturated/α-hetero) is 1. The molecule has 74 valence electrons. The van der Waals surface area contributed by atoms with Crippen molar-refractivity contribution in [3.8, 4) is 0 Å². The highest BCUT2D eigenvalue weighted by Gasteiger charge is 2.26. The van der Waals surface area contributed by atoms with Crippen molar-refractivity contribution in [2.75, 3.05) is 0 Å². The van der Waals surface area contributed by atoms with Crippen LogP contribution in [0, 0.1) is 0 Å². The van der Waals surface area contributed by atoms with Gasteiger partial charge in [0.15, 0.2) is 5.76 Å². The van der Waals surface area contributed by atoms with Crippen LogP contribution in [0.3, 0.4) is 0 Å². The number of piperidine rings is 1. The number of nitrogens with one attached hydrogen (secondary N) is 1. The molecule has 1 aromatic rings. The molecule has 0 bridgehead atoms. The van der Waals surface area contributed by atoms with Crippen molar-refractivity contribution in [2.24, 2.45) is 0 Å². The summed E-state index contributed by atoms with van der Waals surface area (Å²) in [4.78, 5) is 22.8. The van der Waals surface area contributed by atoms with E-state index in [0.717, 1.165) is 6.42 Å². The number of ketones is 1. The number of furan rings is 1. The van der Waals surface area contributed by atoms with Crippen LogP contribution in [0.15, 0.2) is 22.8 Å². The highest BCUT2D eigenvalue weighted by molar-refractivity contribution is 6.00. The number of amides is 1. The molecule has 1 aromatic heterocycles. The minimum atomic E-state index is -0.401. The van der Waals surface area contributed by atoms with Crippen molar-refractivity contribution in [3.63, 3.8) is 0 Å². The van der Waals surface area contributed by atoms with Crippen LogP contribution in [0.2, 0.25) is 0 Å². The van der Waals surface area contributed by atoms with Crippen molar-refractivity contribution in [2.45, 2.75) is 25.3 Å². The fourth-order valence-corrected chi connectivity index (χ4v) is 1.59. The Labute approximate surface area is 81.3 Å². The fourth-order valence-electron chi connectivity index (χ4n) is 1.59. The van der Waals surface area contributed by atoms with Gasteiger partial charge in [0.25, 0.3) is 0 Å². The van der Waals surface area contributed by atoms with Crippen molar-refractivity contribution < 1.29 is 14.0 Å². The van der Waals surface area contributed by atoms with Gasteiger partial charge in [-0.05, 0) is 25.0 Å². The summed E-state index contributed by atoms with van der Waals surface area (Å²) < 4.78 is 4.98. The second kappa shape index (κ2) is 3.65. The lowest BCUT2D eigenvalue weighted by Crippen LogP contribution is -2.43. The first kappa shape index (κ1) is 8.99. The van der Waals surface area contributed by atoms with Gasteiger partial charge >= 0.3 is 0 Å². The summed E-state index contributed by atoms with van der Waals surface area (Å²) in [5.41, 5.74) is 0. The van der Waals surface area contributed by atoms with Gasteiger partial charge < -0.3 is 9.73 Å². The molecule has 1 aliphatic rings. The molecular weight excluding hydrogens is 182 g/mol. The predicted molar refractivity (Wildman–Crippen MR) is 48.8 cm³/mol. The van der Waals surface area contributed by atoms with E-state index in [1.165, 1.54) is 6.26 Å². The third kappa shape index (κ3) is 1.69. The maximum atomic E-state index is 11.7. The van der Waals surface area contributed by atoms with E-state index in [9.17, 15) is 9.59 Å². The summed E-state index contributed by atoms with van der Waals surface area (Å²) in [6.45, 7) is 0. The van der Waals surface area contributed by atoms with Gasteiger partial charge in [0.1, 0.15) is 0 Å². The highest BCUT2D eigenvalue weighted by Crippen LogP contribution is 2.13. The smallest absolute Gasteiger partial charge is 0.220 e. The average Bonchev–Trinajstić information content (AvgIpc) is 2.69. The van der Waals surface area contributed by atoms with Crippen LogP contribution < -0.4 is 5.32 Å². The van der Waals surface area contributed by atoms with Crippen LogP contribution in [-0.4, -0.2) is 17.7 Å². The fraction of sp³-hybridized carbons (Fsp3) is 0.400. The third-order valence-corrected chi connectivity index (χ3v) is 2.31. The molecule has 2 heterocycles. The molecule has 0 spiro atoms. The molecule has 1 fully saturated rings. The molecule has 0 saturated carbocycles. The maximum absolute atomic E-state index is 11.7. The molecule has 2 rings (SSSR count). The van der Waals surface area contributed by atoms with E-state index in [2.05, 4.69) is 5.32 Å². The van der Waals surface area contributed by atoms with E-state index in [1.54, 1.807) is 12.1 Å². The Hall–Kier alpha value is -1.58. The summed E-state index contributed by atoms with van der Waals surface area (Å²) in [6, 6.07) is 2.88. The first-order valence-electron chi connectivity index (χ1n) is 4.64. The Morgan fingerprint density at radius 2 is 2.43 bits per heavy atom. The van der Waals surface area contributed by atoms with Crippen molar-refractivity contribution >= 4 is 11.7 Å². The SMILES string of the molecule is O=C1CCCC(C(=O)c2ccco2)N1. The van der Waals surface area contributed by atoms with Gasteiger partial charge in [-0.2, -0.15) is 0 Å². The van der Waals surface area contributed by atoms with E-state index in [4.69, 9.17) is 4.42 Å². The first-order chi connectivity index (χ1) is 6.77. The Morgan fingerprint density at radius 1 is 1.57 bits per heavy atom. The van der Waals surface area contributed by atoms with E-state index >= 15 is 0 Å². The zero-order valence-electron chi connectivity index (χ0n) is 7.66. The minimum absolute atomic E-state index is 0.0545. The molecule has 1 amide bonds. The second-order valence-corrected chi connectivity index (χ2v) is 3.35. The average molecular weight is 193 g/mol. The molecular formula is C10H11NO3. The lowest BCUT2D eigenvalue weighted by Gasteiger charge is -2.20. The summed E-state index contributed by atoms with van der Waals surface area (Å²) in [6.07, 6.45) is 3.44. The van der Waals surface area contributed by atoms with Crippen LogP contribution in [-0.2, 0) is 4.79 Å². The number of carbonyl (C=O) groups excluding carboxylic acids is 2. The molecule has 14 heavy (non-hydrogen) atoms. The Kier molecular flexibility index (Phi) is 2.35. The summed E-state index contributed by atoms with van der Waals surface area (Å²) in [5, 5.41) is 2.66. The molecule has 1 saturated heterocycles. The zero-order valence-corrected chi connectivity index (χ0v) is 7.66.